The number of aromatic amines is 1. The predicted octanol–water partition coefficient (Wildman–Crippen LogP) is 2.40. The van der Waals surface area contributed by atoms with Crippen molar-refractivity contribution in [2.24, 2.45) is 0 Å². The number of carbonyl (C=O) groups excluding carboxylic acids is 1. The summed E-state index contributed by atoms with van der Waals surface area (Å²) in [6.45, 7) is 1.01. The Labute approximate surface area is 117 Å². The van der Waals surface area contributed by atoms with E-state index in [4.69, 9.17) is 9.47 Å². The lowest BCUT2D eigenvalue weighted by Crippen LogP contribution is -2.24. The summed E-state index contributed by atoms with van der Waals surface area (Å²) >= 11 is 0. The summed E-state index contributed by atoms with van der Waals surface area (Å²) < 4.78 is 47.7. The van der Waals surface area contributed by atoms with E-state index in [1.807, 2.05) is 0 Å². The third-order valence-corrected chi connectivity index (χ3v) is 3.04. The number of Topliss-reactive ketones (excluding diaryl/α,β-unsaturated/α-hetero) is 1. The van der Waals surface area contributed by atoms with Gasteiger partial charge in [-0.1, -0.05) is 0 Å². The Bertz CT molecular complexity index is 651. The number of nitrogens with one attached hydrogen (secondary N) is 1. The van der Waals surface area contributed by atoms with Crippen molar-refractivity contribution < 1.29 is 27.4 Å². The van der Waals surface area contributed by atoms with Gasteiger partial charge in [-0.3, -0.25) is 4.79 Å². The third kappa shape index (κ3) is 2.79. The molecule has 3 rings (SSSR count). The van der Waals surface area contributed by atoms with Crippen LogP contribution in [0, 0.1) is 0 Å². The van der Waals surface area contributed by atoms with Gasteiger partial charge in [0.25, 0.3) is 0 Å². The zero-order valence-corrected chi connectivity index (χ0v) is 10.8. The molecule has 0 amide bonds. The first-order valence-corrected chi connectivity index (χ1v) is 6.32. The number of nitrogens with zero attached hydrogens (tertiary/aromatic N) is 1. The number of imidazole rings is 1. The first-order valence-electron chi connectivity index (χ1n) is 6.32. The largest absolute Gasteiger partial charge is 0.489 e. The Hall–Kier alpha value is -2.25. The number of ether oxygens (including phenoxy) is 2. The van der Waals surface area contributed by atoms with Crippen LogP contribution < -0.4 is 9.47 Å². The van der Waals surface area contributed by atoms with Gasteiger partial charge in [-0.25, -0.2) is 4.98 Å². The summed E-state index contributed by atoms with van der Waals surface area (Å²) in [7, 11) is 0. The number of halogens is 3. The van der Waals surface area contributed by atoms with Crippen LogP contribution in [0.5, 0.6) is 11.5 Å². The van der Waals surface area contributed by atoms with Crippen molar-refractivity contribution in [3.63, 3.8) is 0 Å². The predicted molar refractivity (Wildman–Crippen MR) is 66.5 cm³/mol. The van der Waals surface area contributed by atoms with Crippen LogP contribution in [0.25, 0.3) is 11.0 Å². The van der Waals surface area contributed by atoms with Crippen LogP contribution in [0.1, 0.15) is 12.2 Å². The van der Waals surface area contributed by atoms with Crippen molar-refractivity contribution in [2.75, 3.05) is 13.2 Å². The van der Waals surface area contributed by atoms with E-state index in [-0.39, 0.29) is 5.82 Å². The second kappa shape index (κ2) is 4.94. The minimum atomic E-state index is -4.86. The van der Waals surface area contributed by atoms with Crippen molar-refractivity contribution >= 4 is 16.8 Å². The summed E-state index contributed by atoms with van der Waals surface area (Å²) in [6.07, 6.45) is -4.92. The van der Waals surface area contributed by atoms with Crippen molar-refractivity contribution in [3.8, 4) is 11.5 Å². The molecule has 1 N–H and O–H groups in total. The number of aromatic nitrogens is 2. The van der Waals surface area contributed by atoms with Gasteiger partial charge in [0.2, 0.25) is 5.78 Å². The number of H-pyrrole nitrogens is 1. The molecule has 0 aliphatic carbocycles. The average molecular weight is 300 g/mol. The van der Waals surface area contributed by atoms with Gasteiger partial charge in [-0.15, -0.1) is 0 Å². The maximum Gasteiger partial charge on any atom is 0.450 e. The smallest absolute Gasteiger partial charge is 0.450 e. The molecule has 8 heteroatoms. The number of ketones is 1. The first kappa shape index (κ1) is 13.7. The number of benzene rings is 1. The van der Waals surface area contributed by atoms with Crippen molar-refractivity contribution in [1.29, 1.82) is 0 Å². The standard InChI is InChI=1S/C13H11F3N2O3/c14-13(15,16)11(19)6-12-17-7-4-9-10(5-8(7)18-12)21-3-1-2-20-9/h4-5H,1-3,6H2,(H,17,18). The molecule has 0 atom stereocenters. The molecule has 0 radical (unpaired) electrons. The molecule has 0 saturated heterocycles. The van der Waals surface area contributed by atoms with Gasteiger partial charge in [-0.05, 0) is 0 Å². The van der Waals surface area contributed by atoms with Crippen LogP contribution in [0.4, 0.5) is 13.2 Å². The first-order chi connectivity index (χ1) is 9.93. The Morgan fingerprint density at radius 2 is 1.90 bits per heavy atom. The van der Waals surface area contributed by atoms with E-state index in [1.165, 1.54) is 0 Å². The van der Waals surface area contributed by atoms with E-state index in [2.05, 4.69) is 9.97 Å². The second-order valence-corrected chi connectivity index (χ2v) is 4.65. The molecular weight excluding hydrogens is 289 g/mol. The molecule has 0 bridgehead atoms. The molecule has 1 aliphatic heterocycles. The van der Waals surface area contributed by atoms with Gasteiger partial charge in [0.1, 0.15) is 5.82 Å². The molecule has 5 nitrogen and oxygen atoms in total. The lowest BCUT2D eigenvalue weighted by Gasteiger charge is -2.05. The number of rotatable bonds is 2. The highest BCUT2D eigenvalue weighted by Crippen LogP contribution is 2.33. The highest BCUT2D eigenvalue weighted by atomic mass is 19.4. The van der Waals surface area contributed by atoms with Crippen LogP contribution in [-0.2, 0) is 11.2 Å². The van der Waals surface area contributed by atoms with Crippen LogP contribution in [-0.4, -0.2) is 35.1 Å². The van der Waals surface area contributed by atoms with E-state index in [1.54, 1.807) is 12.1 Å². The quantitative estimate of drug-likeness (QED) is 0.925. The SMILES string of the molecule is O=C(Cc1nc2cc3c(cc2[nH]1)OCCCO3)C(F)(F)F. The zero-order valence-electron chi connectivity index (χ0n) is 10.8. The zero-order chi connectivity index (χ0) is 15.0. The highest BCUT2D eigenvalue weighted by Gasteiger charge is 2.38. The van der Waals surface area contributed by atoms with Gasteiger partial charge in [0.15, 0.2) is 11.5 Å². The third-order valence-electron chi connectivity index (χ3n) is 3.04. The number of fused-ring (bicyclic) bond motifs is 2. The summed E-state index contributed by atoms with van der Waals surface area (Å²) in [5.41, 5.74) is 0.938. The van der Waals surface area contributed by atoms with Crippen LogP contribution in [0.3, 0.4) is 0 Å². The van der Waals surface area contributed by atoms with E-state index in [0.717, 1.165) is 6.42 Å². The topological polar surface area (TPSA) is 64.2 Å². The van der Waals surface area contributed by atoms with Gasteiger partial charge in [0.05, 0.1) is 30.7 Å². The Kier molecular flexibility index (Phi) is 3.23. The maximum absolute atomic E-state index is 12.2. The van der Waals surface area contributed by atoms with Crippen molar-refractivity contribution in [2.45, 2.75) is 19.0 Å². The van der Waals surface area contributed by atoms with Gasteiger partial charge >= 0.3 is 6.18 Å². The monoisotopic (exact) mass is 300 g/mol. The average Bonchev–Trinajstić information content (AvgIpc) is 2.63. The van der Waals surface area contributed by atoms with Gasteiger partial charge in [-0.2, -0.15) is 13.2 Å². The molecule has 2 heterocycles. The van der Waals surface area contributed by atoms with Crippen molar-refractivity contribution in [3.05, 3.63) is 18.0 Å². The highest BCUT2D eigenvalue weighted by molar-refractivity contribution is 5.87. The molecule has 112 valence electrons. The minimum Gasteiger partial charge on any atom is -0.489 e. The molecule has 0 spiro atoms. The van der Waals surface area contributed by atoms with Gasteiger partial charge in [0, 0.05) is 18.6 Å². The fourth-order valence-electron chi connectivity index (χ4n) is 2.06. The molecule has 0 unspecified atom stereocenters. The fraction of sp³-hybridized carbons (Fsp3) is 0.385. The molecule has 21 heavy (non-hydrogen) atoms. The molecule has 1 aliphatic rings. The molecule has 0 saturated carbocycles. The normalized spacial score (nSPS) is 15.0. The minimum absolute atomic E-state index is 0.0347. The van der Waals surface area contributed by atoms with E-state index < -0.39 is 18.4 Å². The molecule has 0 fully saturated rings. The van der Waals surface area contributed by atoms with E-state index in [0.29, 0.717) is 35.7 Å². The van der Waals surface area contributed by atoms with E-state index in [9.17, 15) is 18.0 Å². The lowest BCUT2D eigenvalue weighted by molar-refractivity contribution is -0.170. The van der Waals surface area contributed by atoms with Gasteiger partial charge < -0.3 is 14.5 Å². The number of carbonyl (C=O) groups is 1. The Morgan fingerprint density at radius 1 is 1.24 bits per heavy atom. The summed E-state index contributed by atoms with van der Waals surface area (Å²) in [5.74, 6) is -0.861. The summed E-state index contributed by atoms with van der Waals surface area (Å²) in [5, 5.41) is 0. The van der Waals surface area contributed by atoms with Crippen LogP contribution in [0.2, 0.25) is 0 Å². The fourth-order valence-corrected chi connectivity index (χ4v) is 2.06. The summed E-state index contributed by atoms with van der Waals surface area (Å²) in [4.78, 5) is 17.7. The van der Waals surface area contributed by atoms with E-state index >= 15 is 0 Å². The van der Waals surface area contributed by atoms with Crippen LogP contribution in [0.15, 0.2) is 12.1 Å². The molecule has 1 aromatic heterocycles. The Balaban J connectivity index is 1.92. The maximum atomic E-state index is 12.2. The Morgan fingerprint density at radius 3 is 2.57 bits per heavy atom. The lowest BCUT2D eigenvalue weighted by atomic mass is 10.3. The number of hydrogen-bond donors (Lipinski definition) is 1. The van der Waals surface area contributed by atoms with Crippen molar-refractivity contribution in [1.82, 2.24) is 9.97 Å². The van der Waals surface area contributed by atoms with Crippen LogP contribution >= 0.6 is 0 Å². The second-order valence-electron chi connectivity index (χ2n) is 4.65. The molecular formula is C13H11F3N2O3. The number of alkyl halides is 3. The summed E-state index contributed by atoms with van der Waals surface area (Å²) in [6, 6.07) is 3.21. The molecule has 1 aromatic carbocycles. The molecule has 2 aromatic rings. The number of hydrogen-bond acceptors (Lipinski definition) is 4.